The van der Waals surface area contributed by atoms with E-state index in [4.69, 9.17) is 4.74 Å². The fourth-order valence-corrected chi connectivity index (χ4v) is 3.26. The molecule has 1 N–H and O–H groups in total. The van der Waals surface area contributed by atoms with Gasteiger partial charge in [0.2, 0.25) is 0 Å². The highest BCUT2D eigenvalue weighted by Gasteiger charge is 2.18. The van der Waals surface area contributed by atoms with Crippen molar-refractivity contribution in [3.63, 3.8) is 0 Å². The Morgan fingerprint density at radius 1 is 0.929 bits per heavy atom. The van der Waals surface area contributed by atoms with E-state index in [0.29, 0.717) is 10.8 Å². The van der Waals surface area contributed by atoms with Crippen LogP contribution in [-0.4, -0.2) is 27.5 Å². The summed E-state index contributed by atoms with van der Waals surface area (Å²) in [7, 11) is 0. The van der Waals surface area contributed by atoms with E-state index in [2.05, 4.69) is 5.10 Å². The van der Waals surface area contributed by atoms with Gasteiger partial charge in [-0.2, -0.15) is 5.10 Å². The van der Waals surface area contributed by atoms with Gasteiger partial charge in [0.25, 0.3) is 5.56 Å². The monoisotopic (exact) mass is 374 g/mol. The number of carbonyl (C=O) groups is 1. The molecule has 0 atom stereocenters. The van der Waals surface area contributed by atoms with Gasteiger partial charge in [0.15, 0.2) is 5.69 Å². The molecule has 28 heavy (non-hydrogen) atoms. The second-order valence-electron chi connectivity index (χ2n) is 6.36. The quantitative estimate of drug-likeness (QED) is 0.543. The van der Waals surface area contributed by atoms with Gasteiger partial charge in [0.05, 0.1) is 18.5 Å². The van der Waals surface area contributed by atoms with Crippen LogP contribution < -0.4 is 5.56 Å². The molecule has 0 amide bonds. The second-order valence-corrected chi connectivity index (χ2v) is 6.36. The molecule has 3 aromatic carbocycles. The molecule has 6 heteroatoms. The molecule has 1 heterocycles. The maximum atomic E-state index is 12.8. The number of ether oxygens (including phenoxy) is 1. The van der Waals surface area contributed by atoms with E-state index in [1.54, 1.807) is 24.3 Å². The predicted octanol–water partition coefficient (Wildman–Crippen LogP) is 2.90. The van der Waals surface area contributed by atoms with Gasteiger partial charge in [-0.1, -0.05) is 60.7 Å². The number of aliphatic hydroxyl groups excluding tert-OH is 1. The summed E-state index contributed by atoms with van der Waals surface area (Å²) in [4.78, 5) is 25.2. The Labute approximate surface area is 160 Å². The van der Waals surface area contributed by atoms with E-state index in [9.17, 15) is 14.7 Å². The fourth-order valence-electron chi connectivity index (χ4n) is 3.26. The van der Waals surface area contributed by atoms with E-state index in [1.807, 2.05) is 42.5 Å². The van der Waals surface area contributed by atoms with E-state index < -0.39 is 5.97 Å². The normalized spacial score (nSPS) is 11.0. The van der Waals surface area contributed by atoms with E-state index >= 15 is 0 Å². The molecule has 0 saturated carbocycles. The molecule has 0 aliphatic rings. The van der Waals surface area contributed by atoms with Gasteiger partial charge in [0, 0.05) is 5.39 Å². The molecule has 140 valence electrons. The summed E-state index contributed by atoms with van der Waals surface area (Å²) in [5.41, 5.74) is 0.596. The number of benzene rings is 3. The molecule has 0 spiro atoms. The maximum absolute atomic E-state index is 12.8. The highest BCUT2D eigenvalue weighted by Crippen LogP contribution is 2.20. The van der Waals surface area contributed by atoms with Crippen molar-refractivity contribution in [1.82, 2.24) is 9.78 Å². The minimum atomic E-state index is -0.615. The molecule has 0 fully saturated rings. The van der Waals surface area contributed by atoms with Crippen molar-refractivity contribution in [2.24, 2.45) is 0 Å². The average molecular weight is 374 g/mol. The van der Waals surface area contributed by atoms with Crippen molar-refractivity contribution >= 4 is 27.5 Å². The lowest BCUT2D eigenvalue weighted by molar-refractivity contribution is 0.0466. The first-order valence-corrected chi connectivity index (χ1v) is 8.93. The number of carbonyl (C=O) groups excluding carboxylic acids is 1. The zero-order valence-corrected chi connectivity index (χ0v) is 15.0. The lowest BCUT2D eigenvalue weighted by atomic mass is 10.1. The van der Waals surface area contributed by atoms with Crippen LogP contribution in [-0.2, 0) is 17.9 Å². The molecule has 4 aromatic rings. The lowest BCUT2D eigenvalue weighted by Crippen LogP contribution is -2.27. The van der Waals surface area contributed by atoms with Crippen LogP contribution in [0.2, 0.25) is 0 Å². The van der Waals surface area contributed by atoms with Gasteiger partial charge in [-0.25, -0.2) is 9.48 Å². The topological polar surface area (TPSA) is 81.4 Å². The SMILES string of the molecule is O=C(OCc1cccc2ccccc12)c1nn(CCO)c(=O)c2ccccc12. The Bertz CT molecular complexity index is 1220. The Morgan fingerprint density at radius 3 is 2.39 bits per heavy atom. The van der Waals surface area contributed by atoms with Crippen LogP contribution >= 0.6 is 0 Å². The summed E-state index contributed by atoms with van der Waals surface area (Å²) in [6.07, 6.45) is 0. The molecule has 6 nitrogen and oxygen atoms in total. The molecule has 0 bridgehead atoms. The third kappa shape index (κ3) is 3.25. The summed E-state index contributed by atoms with van der Waals surface area (Å²) >= 11 is 0. The van der Waals surface area contributed by atoms with Gasteiger partial charge in [-0.3, -0.25) is 4.79 Å². The minimum absolute atomic E-state index is 0.00721. The molecule has 0 aliphatic heterocycles. The van der Waals surface area contributed by atoms with Crippen molar-refractivity contribution in [2.45, 2.75) is 13.2 Å². The van der Waals surface area contributed by atoms with E-state index in [0.717, 1.165) is 21.0 Å². The van der Waals surface area contributed by atoms with Crippen LogP contribution in [0.5, 0.6) is 0 Å². The largest absolute Gasteiger partial charge is 0.456 e. The summed E-state index contributed by atoms with van der Waals surface area (Å²) in [6.45, 7) is -0.154. The van der Waals surface area contributed by atoms with Gasteiger partial charge in [0.1, 0.15) is 6.61 Å². The number of aromatic nitrogens is 2. The van der Waals surface area contributed by atoms with Crippen molar-refractivity contribution in [3.8, 4) is 0 Å². The highest BCUT2D eigenvalue weighted by atomic mass is 16.5. The Balaban J connectivity index is 1.69. The smallest absolute Gasteiger partial charge is 0.359 e. The first-order valence-electron chi connectivity index (χ1n) is 8.93. The first-order chi connectivity index (χ1) is 13.7. The zero-order valence-electron chi connectivity index (χ0n) is 15.0. The number of aliphatic hydroxyl groups is 1. The summed E-state index contributed by atoms with van der Waals surface area (Å²) in [6, 6.07) is 20.5. The fraction of sp³-hybridized carbons (Fsp3) is 0.136. The molecule has 0 radical (unpaired) electrons. The molecular weight excluding hydrogens is 356 g/mol. The molecule has 4 rings (SSSR count). The number of nitrogens with zero attached hydrogens (tertiary/aromatic N) is 2. The third-order valence-electron chi connectivity index (χ3n) is 4.61. The summed E-state index contributed by atoms with van der Waals surface area (Å²) in [5.74, 6) is -0.615. The molecule has 0 saturated heterocycles. The minimum Gasteiger partial charge on any atom is -0.456 e. The number of hydrogen-bond donors (Lipinski definition) is 1. The van der Waals surface area contributed by atoms with Gasteiger partial charge in [-0.05, 0) is 22.4 Å². The molecule has 0 aliphatic carbocycles. The number of esters is 1. The van der Waals surface area contributed by atoms with Gasteiger partial charge < -0.3 is 9.84 Å². The van der Waals surface area contributed by atoms with Gasteiger partial charge in [-0.15, -0.1) is 0 Å². The van der Waals surface area contributed by atoms with E-state index in [1.165, 1.54) is 0 Å². The Morgan fingerprint density at radius 2 is 1.61 bits per heavy atom. The van der Waals surface area contributed by atoms with Crippen LogP contribution in [0.25, 0.3) is 21.5 Å². The number of fused-ring (bicyclic) bond motifs is 2. The number of hydrogen-bond acceptors (Lipinski definition) is 5. The molecular formula is C22H18N2O4. The standard InChI is InChI=1S/C22H18N2O4/c25-13-12-24-21(26)19-11-4-3-10-18(19)20(23-24)22(27)28-14-16-8-5-7-15-6-1-2-9-17(15)16/h1-11,25H,12-14H2. The van der Waals surface area contributed by atoms with Crippen LogP contribution in [0.15, 0.2) is 71.5 Å². The van der Waals surface area contributed by atoms with Crippen LogP contribution in [0.1, 0.15) is 16.1 Å². The van der Waals surface area contributed by atoms with Crippen LogP contribution in [0, 0.1) is 0 Å². The third-order valence-corrected chi connectivity index (χ3v) is 4.61. The molecule has 1 aromatic heterocycles. The predicted molar refractivity (Wildman–Crippen MR) is 106 cm³/mol. The highest BCUT2D eigenvalue weighted by molar-refractivity contribution is 6.02. The van der Waals surface area contributed by atoms with E-state index in [-0.39, 0.29) is 31.0 Å². The van der Waals surface area contributed by atoms with Crippen molar-refractivity contribution < 1.29 is 14.6 Å². The lowest BCUT2D eigenvalue weighted by Gasteiger charge is -2.11. The summed E-state index contributed by atoms with van der Waals surface area (Å²) < 4.78 is 6.62. The van der Waals surface area contributed by atoms with Crippen LogP contribution in [0.3, 0.4) is 0 Å². The maximum Gasteiger partial charge on any atom is 0.359 e. The Hall–Kier alpha value is -3.51. The first kappa shape index (κ1) is 17.9. The number of rotatable bonds is 5. The molecule has 0 unspecified atom stereocenters. The Kier molecular flexibility index (Phi) is 4.87. The average Bonchev–Trinajstić information content (AvgIpc) is 2.74. The van der Waals surface area contributed by atoms with Gasteiger partial charge >= 0.3 is 5.97 Å². The second kappa shape index (κ2) is 7.62. The summed E-state index contributed by atoms with van der Waals surface area (Å²) in [5, 5.41) is 16.2. The van der Waals surface area contributed by atoms with Crippen molar-refractivity contribution in [1.29, 1.82) is 0 Å². The zero-order chi connectivity index (χ0) is 19.5. The van der Waals surface area contributed by atoms with Crippen molar-refractivity contribution in [2.75, 3.05) is 6.61 Å². The van der Waals surface area contributed by atoms with Crippen LogP contribution in [0.4, 0.5) is 0 Å². The van der Waals surface area contributed by atoms with Crippen molar-refractivity contribution in [3.05, 3.63) is 88.3 Å².